The van der Waals surface area contributed by atoms with Gasteiger partial charge in [-0.3, -0.25) is 9.79 Å². The van der Waals surface area contributed by atoms with Crippen LogP contribution < -0.4 is 16.0 Å². The van der Waals surface area contributed by atoms with Gasteiger partial charge in [0.25, 0.3) is 0 Å². The van der Waals surface area contributed by atoms with Crippen molar-refractivity contribution in [2.45, 2.75) is 33.4 Å². The Morgan fingerprint density at radius 1 is 1.17 bits per heavy atom. The summed E-state index contributed by atoms with van der Waals surface area (Å²) < 4.78 is 10.8. The third kappa shape index (κ3) is 9.80. The Morgan fingerprint density at radius 2 is 1.93 bits per heavy atom. The summed E-state index contributed by atoms with van der Waals surface area (Å²) >= 11 is 0. The number of nitrogens with one attached hydrogen (secondary N) is 3. The molecular weight excluding hydrogens is 483 g/mol. The van der Waals surface area contributed by atoms with Gasteiger partial charge in [0.2, 0.25) is 5.91 Å². The van der Waals surface area contributed by atoms with Crippen molar-refractivity contribution in [1.82, 2.24) is 10.6 Å². The van der Waals surface area contributed by atoms with Gasteiger partial charge in [-0.25, -0.2) is 0 Å². The molecule has 2 aromatic rings. The van der Waals surface area contributed by atoms with Crippen molar-refractivity contribution in [2.24, 2.45) is 10.9 Å². The Bertz CT molecular complexity index is 731. The fraction of sp³-hybridized carbons (Fsp3) is 0.429. The van der Waals surface area contributed by atoms with E-state index in [1.165, 1.54) is 0 Å². The third-order valence-electron chi connectivity index (χ3n) is 4.01. The monoisotopic (exact) mass is 514 g/mol. The highest BCUT2D eigenvalue weighted by atomic mass is 127. The molecule has 1 aromatic heterocycles. The second kappa shape index (κ2) is 14.0. The van der Waals surface area contributed by atoms with Gasteiger partial charge in [-0.05, 0) is 36.2 Å². The van der Waals surface area contributed by atoms with Crippen LogP contribution in [0.25, 0.3) is 0 Å². The lowest BCUT2D eigenvalue weighted by atomic mass is 10.1. The number of carbonyl (C=O) groups is 1. The molecule has 0 radical (unpaired) electrons. The van der Waals surface area contributed by atoms with Crippen LogP contribution in [0.1, 0.15) is 31.6 Å². The van der Waals surface area contributed by atoms with Crippen molar-refractivity contribution >= 4 is 41.5 Å². The first-order valence-corrected chi connectivity index (χ1v) is 9.53. The molecule has 0 aliphatic carbocycles. The molecule has 3 N–H and O–H groups in total. The fourth-order valence-electron chi connectivity index (χ4n) is 2.35. The van der Waals surface area contributed by atoms with Crippen LogP contribution in [-0.2, 0) is 22.7 Å². The van der Waals surface area contributed by atoms with E-state index < -0.39 is 0 Å². The first kappa shape index (κ1) is 25.0. The molecule has 29 heavy (non-hydrogen) atoms. The van der Waals surface area contributed by atoms with Gasteiger partial charge in [0, 0.05) is 38.3 Å². The first-order valence-electron chi connectivity index (χ1n) is 9.53. The number of carbonyl (C=O) groups excluding carboxylic acids is 1. The average molecular weight is 514 g/mol. The van der Waals surface area contributed by atoms with Gasteiger partial charge >= 0.3 is 0 Å². The topological polar surface area (TPSA) is 87.9 Å². The Hall–Kier alpha value is -2.07. The Labute approximate surface area is 189 Å². The van der Waals surface area contributed by atoms with Crippen LogP contribution >= 0.6 is 24.0 Å². The predicted molar refractivity (Wildman–Crippen MR) is 127 cm³/mol. The molecule has 0 aliphatic rings. The number of benzene rings is 1. The number of hydrogen-bond acceptors (Lipinski definition) is 4. The molecule has 1 aromatic carbocycles. The van der Waals surface area contributed by atoms with E-state index in [9.17, 15) is 4.79 Å². The number of hydrogen-bond donors (Lipinski definition) is 3. The van der Waals surface area contributed by atoms with Crippen LogP contribution in [0.5, 0.6) is 0 Å². The summed E-state index contributed by atoms with van der Waals surface area (Å²) in [6.45, 7) is 6.29. The maximum atomic E-state index is 11.7. The van der Waals surface area contributed by atoms with Crippen LogP contribution in [0.4, 0.5) is 5.69 Å². The zero-order valence-corrected chi connectivity index (χ0v) is 19.6. The summed E-state index contributed by atoms with van der Waals surface area (Å²) in [5.41, 5.74) is 1.91. The Kier molecular flexibility index (Phi) is 12.1. The summed E-state index contributed by atoms with van der Waals surface area (Å²) in [6.07, 6.45) is 2.51. The number of amides is 1. The molecule has 0 bridgehead atoms. The number of anilines is 1. The van der Waals surface area contributed by atoms with E-state index in [4.69, 9.17) is 9.15 Å². The molecule has 160 valence electrons. The first-order chi connectivity index (χ1) is 13.6. The van der Waals surface area contributed by atoms with Gasteiger partial charge in [-0.2, -0.15) is 0 Å². The van der Waals surface area contributed by atoms with Crippen molar-refractivity contribution in [3.8, 4) is 0 Å². The second-order valence-corrected chi connectivity index (χ2v) is 6.68. The molecule has 0 aliphatic heterocycles. The summed E-state index contributed by atoms with van der Waals surface area (Å²) in [6, 6.07) is 11.5. The predicted octanol–water partition coefficient (Wildman–Crippen LogP) is 3.76. The molecule has 2 rings (SSSR count). The molecular formula is C21H31IN4O3. The van der Waals surface area contributed by atoms with Crippen LogP contribution in [0.3, 0.4) is 0 Å². The highest BCUT2D eigenvalue weighted by Crippen LogP contribution is 2.11. The maximum Gasteiger partial charge on any atom is 0.226 e. The van der Waals surface area contributed by atoms with Gasteiger partial charge in [0.05, 0.1) is 6.26 Å². The average Bonchev–Trinajstić information content (AvgIpc) is 3.21. The fourth-order valence-corrected chi connectivity index (χ4v) is 2.35. The van der Waals surface area contributed by atoms with Gasteiger partial charge in [-0.1, -0.05) is 26.0 Å². The summed E-state index contributed by atoms with van der Waals surface area (Å²) in [7, 11) is 1.74. The highest BCUT2D eigenvalue weighted by molar-refractivity contribution is 14.0. The summed E-state index contributed by atoms with van der Waals surface area (Å²) in [5.74, 6) is 1.55. The van der Waals surface area contributed by atoms with Crippen molar-refractivity contribution < 1.29 is 13.9 Å². The van der Waals surface area contributed by atoms with Crippen LogP contribution in [0.15, 0.2) is 52.1 Å². The smallest absolute Gasteiger partial charge is 0.226 e. The molecule has 7 nitrogen and oxygen atoms in total. The quantitative estimate of drug-likeness (QED) is 0.195. The lowest BCUT2D eigenvalue weighted by molar-refractivity contribution is -0.118. The van der Waals surface area contributed by atoms with E-state index in [2.05, 4.69) is 20.9 Å². The SMILES string of the molecule is CN=C(NCCCOCc1ccco1)NCc1ccc(NC(=O)C(C)C)cc1.I. The zero-order chi connectivity index (χ0) is 20.2. The maximum absolute atomic E-state index is 11.7. The summed E-state index contributed by atoms with van der Waals surface area (Å²) in [5, 5.41) is 9.42. The van der Waals surface area contributed by atoms with E-state index in [0.717, 1.165) is 35.9 Å². The minimum absolute atomic E-state index is 0. The van der Waals surface area contributed by atoms with Gasteiger partial charge in [-0.15, -0.1) is 24.0 Å². The molecule has 0 saturated heterocycles. The third-order valence-corrected chi connectivity index (χ3v) is 4.01. The lowest BCUT2D eigenvalue weighted by Crippen LogP contribution is -2.37. The number of aliphatic imine (C=N–C) groups is 1. The van der Waals surface area contributed by atoms with Gasteiger partial charge in [0.1, 0.15) is 12.4 Å². The van der Waals surface area contributed by atoms with E-state index in [0.29, 0.717) is 19.8 Å². The Morgan fingerprint density at radius 3 is 2.55 bits per heavy atom. The zero-order valence-electron chi connectivity index (χ0n) is 17.2. The normalized spacial score (nSPS) is 11.1. The molecule has 0 atom stereocenters. The number of ether oxygens (including phenoxy) is 1. The standard InChI is InChI=1S/C21H30N4O3.HI/c1-16(2)20(26)25-18-9-7-17(8-10-18)14-24-21(22-3)23-11-5-12-27-15-19-6-4-13-28-19;/h4,6-10,13,16H,5,11-12,14-15H2,1-3H3,(H,25,26)(H2,22,23,24);1H. The molecule has 0 unspecified atom stereocenters. The van der Waals surface area contributed by atoms with Crippen molar-refractivity contribution in [1.29, 1.82) is 0 Å². The number of furan rings is 1. The van der Waals surface area contributed by atoms with E-state index >= 15 is 0 Å². The minimum atomic E-state index is -0.0359. The Balaban J connectivity index is 0.00000420. The minimum Gasteiger partial charge on any atom is -0.467 e. The molecule has 1 amide bonds. The van der Waals surface area contributed by atoms with Crippen LogP contribution in [-0.4, -0.2) is 32.1 Å². The number of halogens is 1. The highest BCUT2D eigenvalue weighted by Gasteiger charge is 2.06. The van der Waals surface area contributed by atoms with E-state index in [1.807, 2.05) is 50.2 Å². The van der Waals surface area contributed by atoms with Crippen molar-refractivity contribution in [3.05, 3.63) is 54.0 Å². The second-order valence-electron chi connectivity index (χ2n) is 6.68. The number of nitrogens with zero attached hydrogens (tertiary/aromatic N) is 1. The van der Waals surface area contributed by atoms with E-state index in [1.54, 1.807) is 13.3 Å². The molecule has 0 saturated carbocycles. The largest absolute Gasteiger partial charge is 0.467 e. The summed E-state index contributed by atoms with van der Waals surface area (Å²) in [4.78, 5) is 15.9. The molecule has 8 heteroatoms. The van der Waals surface area contributed by atoms with Gasteiger partial charge < -0.3 is 25.1 Å². The van der Waals surface area contributed by atoms with Gasteiger partial charge in [0.15, 0.2) is 5.96 Å². The molecule has 0 spiro atoms. The van der Waals surface area contributed by atoms with Crippen LogP contribution in [0, 0.1) is 5.92 Å². The van der Waals surface area contributed by atoms with Crippen molar-refractivity contribution in [3.63, 3.8) is 0 Å². The van der Waals surface area contributed by atoms with Crippen molar-refractivity contribution in [2.75, 3.05) is 25.5 Å². The van der Waals surface area contributed by atoms with E-state index in [-0.39, 0.29) is 35.8 Å². The van der Waals surface area contributed by atoms with Crippen LogP contribution in [0.2, 0.25) is 0 Å². The lowest BCUT2D eigenvalue weighted by Gasteiger charge is -2.13. The molecule has 1 heterocycles. The number of guanidine groups is 1. The number of rotatable bonds is 10. The molecule has 0 fully saturated rings.